The Morgan fingerprint density at radius 1 is 1.35 bits per heavy atom. The largest absolute Gasteiger partial charge is 0.481 e. The van der Waals surface area contributed by atoms with Crippen LogP contribution in [-0.4, -0.2) is 40.0 Å². The molecule has 0 aromatic heterocycles. The number of carbonyl (C=O) groups is 3. The lowest BCUT2D eigenvalue weighted by Gasteiger charge is -2.42. The molecule has 1 aliphatic heterocycles. The zero-order valence-corrected chi connectivity index (χ0v) is 12.0. The summed E-state index contributed by atoms with van der Waals surface area (Å²) in [6, 6.07) is -0.374. The van der Waals surface area contributed by atoms with Crippen LogP contribution in [0.2, 0.25) is 0 Å². The van der Waals surface area contributed by atoms with E-state index in [2.05, 4.69) is 5.32 Å². The number of nitrogens with one attached hydrogen (secondary N) is 1. The zero-order valence-electron chi connectivity index (χ0n) is 12.0. The molecule has 2 rings (SSSR count). The molecule has 0 bridgehead atoms. The van der Waals surface area contributed by atoms with Crippen molar-refractivity contribution in [3.63, 3.8) is 0 Å². The highest BCUT2D eigenvalue weighted by Crippen LogP contribution is 2.42. The van der Waals surface area contributed by atoms with E-state index >= 15 is 0 Å². The summed E-state index contributed by atoms with van der Waals surface area (Å²) in [5, 5.41) is 11.5. The second-order valence-corrected chi connectivity index (χ2v) is 5.99. The molecule has 0 radical (unpaired) electrons. The second-order valence-electron chi connectivity index (χ2n) is 5.99. The molecular weight excluding hydrogens is 260 g/mol. The van der Waals surface area contributed by atoms with Crippen LogP contribution >= 0.6 is 0 Å². The van der Waals surface area contributed by atoms with E-state index in [0.29, 0.717) is 6.42 Å². The number of carboxylic acids is 1. The lowest BCUT2D eigenvalue weighted by atomic mass is 9.67. The van der Waals surface area contributed by atoms with Crippen LogP contribution in [0.1, 0.15) is 46.0 Å². The maximum atomic E-state index is 12.7. The van der Waals surface area contributed by atoms with Crippen LogP contribution in [0, 0.1) is 11.8 Å². The molecule has 2 unspecified atom stereocenters. The topological polar surface area (TPSA) is 86.7 Å². The van der Waals surface area contributed by atoms with Crippen LogP contribution in [0.25, 0.3) is 0 Å². The number of amides is 3. The van der Waals surface area contributed by atoms with Gasteiger partial charge in [0.25, 0.3) is 5.91 Å². The first kappa shape index (κ1) is 14.8. The Morgan fingerprint density at radius 2 is 1.95 bits per heavy atom. The number of imide groups is 1. The first-order chi connectivity index (χ1) is 9.39. The lowest BCUT2D eigenvalue weighted by Crippen LogP contribution is -2.58. The van der Waals surface area contributed by atoms with Crippen LogP contribution in [-0.2, 0) is 9.59 Å². The number of carboxylic acid groups (broad SMARTS) is 1. The molecule has 2 N–H and O–H groups in total. The molecular formula is C14H22N2O4. The van der Waals surface area contributed by atoms with E-state index in [4.69, 9.17) is 5.11 Å². The van der Waals surface area contributed by atoms with Crippen LogP contribution in [0.5, 0.6) is 0 Å². The van der Waals surface area contributed by atoms with Crippen LogP contribution in [0.15, 0.2) is 0 Å². The van der Waals surface area contributed by atoms with Gasteiger partial charge in [0.05, 0.1) is 0 Å². The molecule has 6 nitrogen and oxygen atoms in total. The normalized spacial score (nSPS) is 33.6. The maximum Gasteiger partial charge on any atom is 0.325 e. The number of hydrogen-bond acceptors (Lipinski definition) is 3. The highest BCUT2D eigenvalue weighted by molar-refractivity contribution is 6.07. The quantitative estimate of drug-likeness (QED) is 0.767. The summed E-state index contributed by atoms with van der Waals surface area (Å²) in [7, 11) is 0. The van der Waals surface area contributed by atoms with Gasteiger partial charge in [-0.2, -0.15) is 0 Å². The molecule has 0 aromatic rings. The number of hydrogen-bond donors (Lipinski definition) is 2. The highest BCUT2D eigenvalue weighted by Gasteiger charge is 2.58. The lowest BCUT2D eigenvalue weighted by molar-refractivity contribution is -0.139. The maximum absolute atomic E-state index is 12.7. The summed E-state index contributed by atoms with van der Waals surface area (Å²) < 4.78 is 0. The van der Waals surface area contributed by atoms with Crippen molar-refractivity contribution in [2.24, 2.45) is 11.8 Å². The van der Waals surface area contributed by atoms with Crippen molar-refractivity contribution in [3.8, 4) is 0 Å². The molecule has 2 fully saturated rings. The first-order valence-electron chi connectivity index (χ1n) is 7.25. The smallest absolute Gasteiger partial charge is 0.325 e. The van der Waals surface area contributed by atoms with Crippen molar-refractivity contribution in [1.82, 2.24) is 10.2 Å². The van der Waals surface area contributed by atoms with Gasteiger partial charge in [0, 0.05) is 13.0 Å². The van der Waals surface area contributed by atoms with E-state index in [1.165, 1.54) is 4.90 Å². The van der Waals surface area contributed by atoms with Crippen molar-refractivity contribution >= 4 is 17.9 Å². The molecule has 1 saturated carbocycles. The predicted molar refractivity (Wildman–Crippen MR) is 72.0 cm³/mol. The minimum absolute atomic E-state index is 0.0326. The summed E-state index contributed by atoms with van der Waals surface area (Å²) in [6.45, 7) is 4.20. The summed E-state index contributed by atoms with van der Waals surface area (Å²) >= 11 is 0. The molecule has 1 heterocycles. The fraction of sp³-hybridized carbons (Fsp3) is 0.786. The minimum atomic E-state index is -0.911. The number of rotatable bonds is 4. The van der Waals surface area contributed by atoms with Crippen LogP contribution < -0.4 is 5.32 Å². The number of nitrogens with zero attached hydrogens (tertiary/aromatic N) is 1. The van der Waals surface area contributed by atoms with Gasteiger partial charge in [0.1, 0.15) is 5.54 Å². The molecule has 1 saturated heterocycles. The van der Waals surface area contributed by atoms with Crippen molar-refractivity contribution in [3.05, 3.63) is 0 Å². The van der Waals surface area contributed by atoms with Gasteiger partial charge in [-0.25, -0.2) is 4.79 Å². The third-order valence-electron chi connectivity index (χ3n) is 4.76. The Bertz CT molecular complexity index is 425. The van der Waals surface area contributed by atoms with Gasteiger partial charge in [-0.15, -0.1) is 0 Å². The van der Waals surface area contributed by atoms with Gasteiger partial charge < -0.3 is 10.4 Å². The molecule has 2 aliphatic rings. The number of carbonyl (C=O) groups excluding carboxylic acids is 2. The molecule has 20 heavy (non-hydrogen) atoms. The summed E-state index contributed by atoms with van der Waals surface area (Å²) in [5.74, 6) is -0.849. The molecule has 1 aliphatic carbocycles. The van der Waals surface area contributed by atoms with E-state index in [-0.39, 0.29) is 36.7 Å². The van der Waals surface area contributed by atoms with E-state index in [0.717, 1.165) is 19.3 Å². The van der Waals surface area contributed by atoms with Crippen molar-refractivity contribution in [2.45, 2.75) is 51.5 Å². The van der Waals surface area contributed by atoms with Crippen molar-refractivity contribution < 1.29 is 19.5 Å². The van der Waals surface area contributed by atoms with Gasteiger partial charge in [0.2, 0.25) is 0 Å². The van der Waals surface area contributed by atoms with E-state index in [1.807, 2.05) is 13.8 Å². The van der Waals surface area contributed by atoms with Crippen molar-refractivity contribution in [2.75, 3.05) is 6.54 Å². The predicted octanol–water partition coefficient (Wildman–Crippen LogP) is 1.60. The minimum Gasteiger partial charge on any atom is -0.481 e. The Hall–Kier alpha value is -1.59. The third-order valence-corrected chi connectivity index (χ3v) is 4.76. The molecule has 112 valence electrons. The van der Waals surface area contributed by atoms with Crippen molar-refractivity contribution in [1.29, 1.82) is 0 Å². The Morgan fingerprint density at radius 3 is 2.50 bits per heavy atom. The third kappa shape index (κ3) is 2.27. The second kappa shape index (κ2) is 5.42. The molecule has 2 atom stereocenters. The molecule has 3 amide bonds. The van der Waals surface area contributed by atoms with Gasteiger partial charge in [-0.05, 0) is 31.1 Å². The summed E-state index contributed by atoms with van der Waals surface area (Å²) in [5.41, 5.74) is -0.779. The zero-order chi connectivity index (χ0) is 14.9. The van der Waals surface area contributed by atoms with E-state index in [1.54, 1.807) is 0 Å². The van der Waals surface area contributed by atoms with Gasteiger partial charge in [-0.1, -0.05) is 20.3 Å². The Kier molecular flexibility index (Phi) is 4.01. The van der Waals surface area contributed by atoms with Crippen LogP contribution in [0.4, 0.5) is 4.79 Å². The Labute approximate surface area is 118 Å². The molecule has 1 spiro atoms. The van der Waals surface area contributed by atoms with E-state index in [9.17, 15) is 14.4 Å². The van der Waals surface area contributed by atoms with Gasteiger partial charge in [0.15, 0.2) is 0 Å². The molecule has 0 aromatic carbocycles. The number of urea groups is 1. The average Bonchev–Trinajstić information content (AvgIpc) is 2.61. The monoisotopic (exact) mass is 282 g/mol. The fourth-order valence-corrected chi connectivity index (χ4v) is 3.54. The van der Waals surface area contributed by atoms with E-state index < -0.39 is 11.5 Å². The Balaban J connectivity index is 2.13. The average molecular weight is 282 g/mol. The standard InChI is InChI=1S/C14H22N2O4/c1-9-5-3-6-10(2)14(9)12(19)16(13(20)15-14)8-4-7-11(17)18/h9-10H,3-8H2,1-2H3,(H,15,20)(H,17,18). The van der Waals surface area contributed by atoms with Gasteiger partial charge in [-0.3, -0.25) is 14.5 Å². The SMILES string of the molecule is CC1CCCC(C)C12NC(=O)N(CCCC(=O)O)C2=O. The summed E-state index contributed by atoms with van der Waals surface area (Å²) in [4.78, 5) is 36.5. The first-order valence-corrected chi connectivity index (χ1v) is 7.25. The highest BCUT2D eigenvalue weighted by atomic mass is 16.4. The summed E-state index contributed by atoms with van der Waals surface area (Å²) in [6.07, 6.45) is 3.20. The number of aliphatic carboxylic acids is 1. The molecule has 6 heteroatoms. The van der Waals surface area contributed by atoms with Gasteiger partial charge >= 0.3 is 12.0 Å². The van der Waals surface area contributed by atoms with Crippen LogP contribution in [0.3, 0.4) is 0 Å². The fourth-order valence-electron chi connectivity index (χ4n) is 3.54.